The highest BCUT2D eigenvalue weighted by Crippen LogP contribution is 2.36. The molecule has 0 spiro atoms. The van der Waals surface area contributed by atoms with E-state index >= 15 is 0 Å². The first-order chi connectivity index (χ1) is 15.6. The zero-order valence-corrected chi connectivity index (χ0v) is 19.6. The third-order valence-corrected chi connectivity index (χ3v) is 7.98. The Balaban J connectivity index is 1.75. The fourth-order valence-electron chi connectivity index (χ4n) is 4.64. The van der Waals surface area contributed by atoms with Gasteiger partial charge in [-0.3, -0.25) is 0 Å². The number of rotatable bonds is 6. The van der Waals surface area contributed by atoms with E-state index in [1.165, 1.54) is 0 Å². The Hall–Kier alpha value is -2.11. The summed E-state index contributed by atoms with van der Waals surface area (Å²) >= 11 is 0. The van der Waals surface area contributed by atoms with E-state index in [2.05, 4.69) is 4.98 Å². The number of alkyl halides is 3. The molecule has 1 aromatic carbocycles. The van der Waals surface area contributed by atoms with Crippen LogP contribution in [0, 0.1) is 6.92 Å². The molecule has 0 amide bonds. The predicted molar refractivity (Wildman–Crippen MR) is 118 cm³/mol. The van der Waals surface area contributed by atoms with Crippen molar-refractivity contribution in [3.05, 3.63) is 47.5 Å². The lowest BCUT2D eigenvalue weighted by atomic mass is 10.1. The van der Waals surface area contributed by atoms with E-state index in [0.29, 0.717) is 22.1 Å². The fourth-order valence-corrected chi connectivity index (χ4v) is 5.60. The van der Waals surface area contributed by atoms with E-state index in [4.69, 9.17) is 4.74 Å². The SMILES string of the molecule is Cc1cccc2c1CN(S(=O)(=O)C(F)(F)F)C[C@H](COC1CCCC1)N2Cc1cn(C)cn1. The predicted octanol–water partition coefficient (Wildman–Crippen LogP) is 3.73. The van der Waals surface area contributed by atoms with Crippen LogP contribution in [0.25, 0.3) is 0 Å². The van der Waals surface area contributed by atoms with Crippen LogP contribution in [0.1, 0.15) is 42.5 Å². The van der Waals surface area contributed by atoms with Crippen molar-refractivity contribution in [3.8, 4) is 0 Å². The molecule has 1 aliphatic heterocycles. The van der Waals surface area contributed by atoms with Crippen LogP contribution >= 0.6 is 0 Å². The molecule has 11 heteroatoms. The molecule has 2 heterocycles. The minimum atomic E-state index is -5.51. The zero-order valence-electron chi connectivity index (χ0n) is 18.8. The van der Waals surface area contributed by atoms with E-state index in [0.717, 1.165) is 36.9 Å². The molecule has 0 N–H and O–H groups in total. The Bertz CT molecular complexity index is 1080. The van der Waals surface area contributed by atoms with Gasteiger partial charge in [0.25, 0.3) is 0 Å². The Morgan fingerprint density at radius 1 is 1.21 bits per heavy atom. The topological polar surface area (TPSA) is 67.7 Å². The number of sulfonamides is 1. The van der Waals surface area contributed by atoms with Gasteiger partial charge in [0.2, 0.25) is 0 Å². The number of fused-ring (bicyclic) bond motifs is 1. The van der Waals surface area contributed by atoms with Crippen LogP contribution in [0.2, 0.25) is 0 Å². The summed E-state index contributed by atoms with van der Waals surface area (Å²) in [7, 11) is -3.67. The Labute approximate surface area is 192 Å². The quantitative estimate of drug-likeness (QED) is 0.623. The second-order valence-corrected chi connectivity index (χ2v) is 10.8. The molecule has 0 radical (unpaired) electrons. The van der Waals surface area contributed by atoms with Crippen molar-refractivity contribution < 1.29 is 26.3 Å². The van der Waals surface area contributed by atoms with Crippen LogP contribution in [-0.2, 0) is 34.9 Å². The Kier molecular flexibility index (Phi) is 6.75. The van der Waals surface area contributed by atoms with Crippen molar-refractivity contribution in [2.45, 2.75) is 63.4 Å². The first-order valence-electron chi connectivity index (χ1n) is 11.1. The van der Waals surface area contributed by atoms with Gasteiger partial charge in [-0.2, -0.15) is 17.5 Å². The number of imidazole rings is 1. The van der Waals surface area contributed by atoms with Crippen LogP contribution in [0.15, 0.2) is 30.7 Å². The lowest BCUT2D eigenvalue weighted by molar-refractivity contribution is -0.0495. The van der Waals surface area contributed by atoms with E-state index in [9.17, 15) is 21.6 Å². The molecule has 0 unspecified atom stereocenters. The molecule has 1 aliphatic carbocycles. The zero-order chi connectivity index (χ0) is 23.8. The number of hydrogen-bond donors (Lipinski definition) is 0. The van der Waals surface area contributed by atoms with E-state index in [-0.39, 0.29) is 25.8 Å². The lowest BCUT2D eigenvalue weighted by Gasteiger charge is -2.34. The van der Waals surface area contributed by atoms with Crippen molar-refractivity contribution in [1.82, 2.24) is 13.9 Å². The van der Waals surface area contributed by atoms with Crippen LogP contribution in [0.3, 0.4) is 0 Å². The summed E-state index contributed by atoms with van der Waals surface area (Å²) in [5, 5.41) is 0. The molecule has 1 atom stereocenters. The first-order valence-corrected chi connectivity index (χ1v) is 12.5. The number of halogens is 3. The second kappa shape index (κ2) is 9.27. The smallest absolute Gasteiger partial charge is 0.376 e. The number of nitrogens with zero attached hydrogens (tertiary/aromatic N) is 4. The number of aryl methyl sites for hydroxylation is 2. The van der Waals surface area contributed by atoms with Gasteiger partial charge in [-0.15, -0.1) is 0 Å². The van der Waals surface area contributed by atoms with Gasteiger partial charge >= 0.3 is 15.5 Å². The third kappa shape index (κ3) is 5.04. The molecule has 1 saturated carbocycles. The molecule has 7 nitrogen and oxygen atoms in total. The van der Waals surface area contributed by atoms with Gasteiger partial charge < -0.3 is 14.2 Å². The summed E-state index contributed by atoms with van der Waals surface area (Å²) in [6, 6.07) is 4.85. The van der Waals surface area contributed by atoms with Crippen molar-refractivity contribution in [2.75, 3.05) is 18.1 Å². The number of ether oxygens (including phenoxy) is 1. The molecule has 0 saturated heterocycles. The standard InChI is InChI=1S/C22H29F3N4O3S/c1-16-6-5-9-21-20(16)13-28(33(30,31)22(23,24)25)12-18(14-32-19-7-3-4-8-19)29(21)11-17-10-27(2)15-26-17/h5-6,9-10,15,18-19H,3-4,7-8,11-14H2,1-2H3/t18-/m1/s1. The summed E-state index contributed by atoms with van der Waals surface area (Å²) in [6.07, 6.45) is 7.50. The fraction of sp³-hybridized carbons (Fsp3) is 0.591. The normalized spacial score (nSPS) is 20.8. The maximum atomic E-state index is 13.5. The second-order valence-electron chi connectivity index (χ2n) is 8.87. The highest BCUT2D eigenvalue weighted by atomic mass is 32.2. The number of hydrogen-bond acceptors (Lipinski definition) is 5. The van der Waals surface area contributed by atoms with Crippen molar-refractivity contribution in [2.24, 2.45) is 7.05 Å². The minimum absolute atomic E-state index is 0.0506. The maximum absolute atomic E-state index is 13.5. The average molecular weight is 487 g/mol. The first kappa shape index (κ1) is 24.0. The summed E-state index contributed by atoms with van der Waals surface area (Å²) in [6.45, 7) is 1.58. The highest BCUT2D eigenvalue weighted by Gasteiger charge is 2.51. The molecule has 1 aromatic heterocycles. The van der Waals surface area contributed by atoms with E-state index < -0.39 is 21.6 Å². The molecular weight excluding hydrogens is 457 g/mol. The number of aromatic nitrogens is 2. The lowest BCUT2D eigenvalue weighted by Crippen LogP contribution is -2.49. The van der Waals surface area contributed by atoms with Crippen molar-refractivity contribution in [1.29, 1.82) is 0 Å². The highest BCUT2D eigenvalue weighted by molar-refractivity contribution is 7.89. The molecule has 33 heavy (non-hydrogen) atoms. The molecule has 4 rings (SSSR count). The monoisotopic (exact) mass is 486 g/mol. The largest absolute Gasteiger partial charge is 0.511 e. The molecule has 182 valence electrons. The molecule has 1 fully saturated rings. The van der Waals surface area contributed by atoms with Crippen LogP contribution < -0.4 is 4.90 Å². The number of anilines is 1. The van der Waals surface area contributed by atoms with Gasteiger partial charge in [-0.05, 0) is 37.0 Å². The van der Waals surface area contributed by atoms with E-state index in [1.807, 2.05) is 30.3 Å². The van der Waals surface area contributed by atoms with Gasteiger partial charge in [0.1, 0.15) is 0 Å². The van der Waals surface area contributed by atoms with Crippen molar-refractivity contribution in [3.63, 3.8) is 0 Å². The van der Waals surface area contributed by atoms with E-state index in [1.54, 1.807) is 23.9 Å². The van der Waals surface area contributed by atoms with Gasteiger partial charge in [0, 0.05) is 32.0 Å². The van der Waals surface area contributed by atoms with Gasteiger partial charge in [-0.1, -0.05) is 25.0 Å². The summed E-state index contributed by atoms with van der Waals surface area (Å²) in [4.78, 5) is 6.33. The summed E-state index contributed by atoms with van der Waals surface area (Å²) in [5.74, 6) is 0. The van der Waals surface area contributed by atoms with Gasteiger partial charge in [0.05, 0.1) is 37.3 Å². The summed E-state index contributed by atoms with van der Waals surface area (Å²) in [5.41, 5.74) is -2.63. The Morgan fingerprint density at radius 2 is 1.94 bits per heavy atom. The maximum Gasteiger partial charge on any atom is 0.511 e. The van der Waals surface area contributed by atoms with Crippen LogP contribution in [0.4, 0.5) is 18.9 Å². The molecule has 2 aliphatic rings. The average Bonchev–Trinajstić information content (AvgIpc) is 3.37. The van der Waals surface area contributed by atoms with Gasteiger partial charge in [-0.25, -0.2) is 13.4 Å². The Morgan fingerprint density at radius 3 is 2.58 bits per heavy atom. The molecule has 2 aromatic rings. The summed E-state index contributed by atoms with van der Waals surface area (Å²) < 4.78 is 74.0. The van der Waals surface area contributed by atoms with Crippen molar-refractivity contribution >= 4 is 15.7 Å². The van der Waals surface area contributed by atoms with Crippen LogP contribution in [0.5, 0.6) is 0 Å². The number of benzene rings is 1. The third-order valence-electron chi connectivity index (χ3n) is 6.43. The van der Waals surface area contributed by atoms with Gasteiger partial charge in [0.15, 0.2) is 0 Å². The van der Waals surface area contributed by atoms with Crippen LogP contribution in [-0.4, -0.2) is 53.1 Å². The molecule has 0 bridgehead atoms. The minimum Gasteiger partial charge on any atom is -0.376 e. The molecular formula is C22H29F3N4O3S.